The fourth-order valence-electron chi connectivity index (χ4n) is 3.38. The minimum absolute atomic E-state index is 0. The predicted molar refractivity (Wildman–Crippen MR) is 117 cm³/mol. The predicted octanol–water partition coefficient (Wildman–Crippen LogP) is 1.35. The molecule has 0 atom stereocenters. The molecule has 7 heteroatoms. The van der Waals surface area contributed by atoms with E-state index >= 15 is 0 Å². The Morgan fingerprint density at radius 3 is 2.09 bits per heavy atom. The Morgan fingerprint density at radius 2 is 1.44 bits per heavy atom. The summed E-state index contributed by atoms with van der Waals surface area (Å²) < 4.78 is 16.7. The third kappa shape index (κ3) is 8.01. The summed E-state index contributed by atoms with van der Waals surface area (Å²) >= 11 is 0. The number of fused-ring (bicyclic) bond motifs is 1. The van der Waals surface area contributed by atoms with Crippen LogP contribution in [-0.2, 0) is 0 Å². The van der Waals surface area contributed by atoms with Gasteiger partial charge in [-0.1, -0.05) is 56.4 Å². The van der Waals surface area contributed by atoms with Crippen molar-refractivity contribution in [3.63, 3.8) is 0 Å². The summed E-state index contributed by atoms with van der Waals surface area (Å²) in [7, 11) is 0. The van der Waals surface area contributed by atoms with E-state index in [-0.39, 0.29) is 40.5 Å². The van der Waals surface area contributed by atoms with Crippen molar-refractivity contribution in [1.82, 2.24) is 0 Å². The Labute approximate surface area is 209 Å². The summed E-state index contributed by atoms with van der Waals surface area (Å²) in [4.78, 5) is 23.2. The van der Waals surface area contributed by atoms with Crippen molar-refractivity contribution in [2.45, 2.75) is 44.9 Å². The molecular weight excluding hydrogens is 419 g/mol. The van der Waals surface area contributed by atoms with Crippen LogP contribution in [0.4, 0.5) is 0 Å². The molecule has 0 spiro atoms. The van der Waals surface area contributed by atoms with E-state index in [1.165, 1.54) is 12.8 Å². The number of unbranched alkanes of at least 4 members (excludes halogenated alkanes) is 6. The van der Waals surface area contributed by atoms with E-state index in [0.717, 1.165) is 50.5 Å². The molecule has 164 valence electrons. The van der Waals surface area contributed by atoms with Crippen LogP contribution in [0.15, 0.2) is 63.8 Å². The van der Waals surface area contributed by atoms with Gasteiger partial charge in [0.25, 0.3) is 0 Å². The van der Waals surface area contributed by atoms with Crippen LogP contribution in [-0.4, -0.2) is 19.2 Å². The molecule has 0 saturated carbocycles. The van der Waals surface area contributed by atoms with Crippen LogP contribution in [0.1, 0.15) is 55.5 Å². The average molecular weight is 446 g/mol. The van der Waals surface area contributed by atoms with E-state index in [0.29, 0.717) is 12.4 Å². The molecule has 32 heavy (non-hydrogen) atoms. The second-order valence-electron chi connectivity index (χ2n) is 7.38. The first-order chi connectivity index (χ1) is 15.1. The Balaban J connectivity index is 0.00000363. The maximum absolute atomic E-state index is 12.2. The fourth-order valence-corrected chi connectivity index (χ4v) is 3.38. The van der Waals surface area contributed by atoms with Crippen molar-refractivity contribution in [3.8, 4) is 11.5 Å². The van der Waals surface area contributed by atoms with Crippen LogP contribution in [0.5, 0.6) is 11.5 Å². The first kappa shape index (κ1) is 26.0. The number of carbonyl (C=O) groups is 1. The second-order valence-corrected chi connectivity index (χ2v) is 7.38. The van der Waals surface area contributed by atoms with Gasteiger partial charge >= 0.3 is 29.6 Å². The van der Waals surface area contributed by atoms with Crippen LogP contribution < -0.4 is 49.6 Å². The molecule has 1 heterocycles. The number of carbonyl (C=O) groups excluding carboxylic acids is 1. The van der Waals surface area contributed by atoms with E-state index in [4.69, 9.17) is 13.9 Å². The SMILES string of the molecule is O=C([O-])c1cc(=O)c2c(OCCCCCCCCCOc3ccccc3)cccc2o1.[Na+]. The molecule has 1 aromatic heterocycles. The van der Waals surface area contributed by atoms with Crippen molar-refractivity contribution in [2.24, 2.45) is 0 Å². The summed E-state index contributed by atoms with van der Waals surface area (Å²) in [5.41, 5.74) is -0.271. The Hall–Kier alpha value is -2.28. The number of carboxylic acids is 1. The van der Waals surface area contributed by atoms with E-state index in [2.05, 4.69) is 0 Å². The van der Waals surface area contributed by atoms with Gasteiger partial charge in [0.05, 0.1) is 13.2 Å². The molecule has 3 aromatic rings. The first-order valence-electron chi connectivity index (χ1n) is 10.7. The number of aromatic carboxylic acids is 1. The monoisotopic (exact) mass is 446 g/mol. The van der Waals surface area contributed by atoms with Crippen molar-refractivity contribution in [2.75, 3.05) is 13.2 Å². The number of hydrogen-bond acceptors (Lipinski definition) is 6. The van der Waals surface area contributed by atoms with Gasteiger partial charge in [-0.05, 0) is 37.1 Å². The largest absolute Gasteiger partial charge is 1.00 e. The number of benzene rings is 2. The molecule has 2 aromatic carbocycles. The number of hydrogen-bond donors (Lipinski definition) is 0. The van der Waals surface area contributed by atoms with Crippen LogP contribution in [0, 0.1) is 0 Å². The molecule has 0 fully saturated rings. The third-order valence-electron chi connectivity index (χ3n) is 4.98. The van der Waals surface area contributed by atoms with Crippen LogP contribution in [0.25, 0.3) is 11.0 Å². The summed E-state index contributed by atoms with van der Waals surface area (Å²) in [6.45, 7) is 1.24. The van der Waals surface area contributed by atoms with Crippen LogP contribution in [0.2, 0.25) is 0 Å². The van der Waals surface area contributed by atoms with Gasteiger partial charge in [0.15, 0.2) is 11.2 Å². The molecule has 0 aliphatic heterocycles. The molecule has 0 saturated heterocycles. The topological polar surface area (TPSA) is 88.8 Å². The van der Waals surface area contributed by atoms with Crippen LogP contribution >= 0.6 is 0 Å². The van der Waals surface area contributed by atoms with Gasteiger partial charge in [-0.2, -0.15) is 0 Å². The fraction of sp³-hybridized carbons (Fsp3) is 0.360. The zero-order chi connectivity index (χ0) is 21.9. The van der Waals surface area contributed by atoms with Crippen molar-refractivity contribution < 1.29 is 53.3 Å². The minimum atomic E-state index is -1.52. The zero-order valence-electron chi connectivity index (χ0n) is 18.5. The number of para-hydroxylation sites is 1. The summed E-state index contributed by atoms with van der Waals surface area (Å²) in [6, 6.07) is 15.7. The number of carboxylic acid groups (broad SMARTS) is 1. The van der Waals surface area contributed by atoms with E-state index in [1.807, 2.05) is 30.3 Å². The van der Waals surface area contributed by atoms with E-state index in [9.17, 15) is 14.7 Å². The Morgan fingerprint density at radius 1 is 0.812 bits per heavy atom. The van der Waals surface area contributed by atoms with Gasteiger partial charge in [0, 0.05) is 6.07 Å². The van der Waals surface area contributed by atoms with Crippen LogP contribution in [0.3, 0.4) is 0 Å². The third-order valence-corrected chi connectivity index (χ3v) is 4.98. The quantitative estimate of drug-likeness (QED) is 0.291. The van der Waals surface area contributed by atoms with Gasteiger partial charge in [0.2, 0.25) is 0 Å². The maximum atomic E-state index is 12.2. The molecule has 6 nitrogen and oxygen atoms in total. The van der Waals surface area contributed by atoms with Gasteiger partial charge in [-0.3, -0.25) is 4.79 Å². The smallest absolute Gasteiger partial charge is 0.542 e. The molecule has 3 rings (SSSR count). The van der Waals surface area contributed by atoms with Gasteiger partial charge < -0.3 is 23.8 Å². The van der Waals surface area contributed by atoms with Crippen molar-refractivity contribution in [1.29, 1.82) is 0 Å². The molecule has 0 N–H and O–H groups in total. The zero-order valence-corrected chi connectivity index (χ0v) is 20.5. The summed E-state index contributed by atoms with van der Waals surface area (Å²) in [5, 5.41) is 11.2. The van der Waals surface area contributed by atoms with Crippen molar-refractivity contribution >= 4 is 16.9 Å². The second kappa shape index (κ2) is 14.0. The first-order valence-corrected chi connectivity index (χ1v) is 10.7. The molecule has 0 radical (unpaired) electrons. The van der Waals surface area contributed by atoms with Crippen molar-refractivity contribution in [3.05, 3.63) is 70.6 Å². The number of ether oxygens (including phenoxy) is 2. The van der Waals surface area contributed by atoms with Gasteiger partial charge in [-0.25, -0.2) is 0 Å². The molecule has 0 unspecified atom stereocenters. The molecule has 0 aliphatic rings. The molecule has 0 aliphatic carbocycles. The molecular formula is C25H27NaO6. The maximum Gasteiger partial charge on any atom is 1.00 e. The van der Waals surface area contributed by atoms with E-state index in [1.54, 1.807) is 18.2 Å². The Bertz CT molecular complexity index is 1030. The molecule has 0 bridgehead atoms. The van der Waals surface area contributed by atoms with E-state index < -0.39 is 17.2 Å². The minimum Gasteiger partial charge on any atom is -0.542 e. The average Bonchev–Trinajstić information content (AvgIpc) is 2.78. The van der Waals surface area contributed by atoms with Gasteiger partial charge in [-0.15, -0.1) is 0 Å². The summed E-state index contributed by atoms with van der Waals surface area (Å²) in [5.74, 6) is -0.671. The summed E-state index contributed by atoms with van der Waals surface area (Å²) in [6.07, 6.45) is 7.64. The normalized spacial score (nSPS) is 10.5. The number of rotatable bonds is 13. The molecule has 0 amide bonds. The van der Waals surface area contributed by atoms with Gasteiger partial charge in [0.1, 0.15) is 28.4 Å². The Kier molecular flexibility index (Phi) is 11.4. The standard InChI is InChI=1S/C25H28O6.Na/c26-20-18-23(25(27)28)31-22-15-11-14-21(24(20)22)30-17-10-5-3-1-2-4-9-16-29-19-12-7-6-8-13-19;/h6-8,11-15,18H,1-5,9-10,16-17H2,(H,27,28);/q;+1/p-1.